The Hall–Kier alpha value is -1.33. The van der Waals surface area contributed by atoms with Crippen molar-refractivity contribution in [3.63, 3.8) is 0 Å². The van der Waals surface area contributed by atoms with Crippen molar-refractivity contribution >= 4 is 52.4 Å². The van der Waals surface area contributed by atoms with Gasteiger partial charge in [0.05, 0.1) is 30.5 Å². The van der Waals surface area contributed by atoms with Crippen molar-refractivity contribution in [3.8, 4) is 16.3 Å². The molecule has 3 aromatic rings. The van der Waals surface area contributed by atoms with Crippen molar-refractivity contribution in [2.75, 3.05) is 0 Å². The van der Waals surface area contributed by atoms with Crippen LogP contribution in [0.15, 0.2) is 36.5 Å². The predicted octanol–water partition coefficient (Wildman–Crippen LogP) is 5.37. The van der Waals surface area contributed by atoms with Gasteiger partial charge >= 0.3 is 0 Å². The second-order valence-corrected chi connectivity index (χ2v) is 6.73. The number of halogens is 3. The van der Waals surface area contributed by atoms with Crippen LogP contribution < -0.4 is 0 Å². The van der Waals surface area contributed by atoms with Crippen LogP contribution in [0.5, 0.6) is 0 Å². The maximum absolute atomic E-state index is 11.2. The van der Waals surface area contributed by atoms with E-state index in [2.05, 4.69) is 5.10 Å². The Bertz CT molecular complexity index is 825. The molecule has 0 atom stereocenters. The first-order valence-electron chi connectivity index (χ1n) is 5.84. The lowest BCUT2D eigenvalue weighted by Crippen LogP contribution is -1.94. The lowest BCUT2D eigenvalue weighted by molar-refractivity contribution is 0.112. The van der Waals surface area contributed by atoms with Crippen LogP contribution in [0.1, 0.15) is 10.4 Å². The van der Waals surface area contributed by atoms with Gasteiger partial charge in [-0.1, -0.05) is 34.8 Å². The van der Waals surface area contributed by atoms with Gasteiger partial charge in [-0.3, -0.25) is 4.79 Å². The highest BCUT2D eigenvalue weighted by Gasteiger charge is 2.14. The molecule has 0 spiro atoms. The van der Waals surface area contributed by atoms with Crippen LogP contribution in [0, 0.1) is 0 Å². The normalized spacial score (nSPS) is 10.8. The summed E-state index contributed by atoms with van der Waals surface area (Å²) in [6.45, 7) is 0. The number of hydrogen-bond acceptors (Lipinski definition) is 3. The molecule has 0 aliphatic heterocycles. The first-order valence-corrected chi connectivity index (χ1v) is 7.79. The third-order valence-electron chi connectivity index (χ3n) is 2.84. The number of aldehydes is 1. The fraction of sp³-hybridized carbons (Fsp3) is 0. The topological polar surface area (TPSA) is 34.9 Å². The first-order chi connectivity index (χ1) is 10.1. The Morgan fingerprint density at radius 3 is 2.52 bits per heavy atom. The van der Waals surface area contributed by atoms with E-state index in [1.807, 2.05) is 6.07 Å². The van der Waals surface area contributed by atoms with Gasteiger partial charge in [0.1, 0.15) is 5.69 Å². The van der Waals surface area contributed by atoms with Crippen molar-refractivity contribution in [1.29, 1.82) is 0 Å². The summed E-state index contributed by atoms with van der Waals surface area (Å²) in [5, 5.41) is 5.34. The van der Waals surface area contributed by atoms with Crippen LogP contribution in [0.2, 0.25) is 14.4 Å². The SMILES string of the molecule is O=Cc1cn(-c2ccc(Cl)c(Cl)c2)nc1-c1ccc(Cl)s1. The number of rotatable bonds is 3. The minimum absolute atomic E-state index is 0.429. The molecule has 0 N–H and O–H groups in total. The van der Waals surface area contributed by atoms with E-state index in [0.29, 0.717) is 25.6 Å². The van der Waals surface area contributed by atoms with Crippen LogP contribution >= 0.6 is 46.1 Å². The molecule has 2 aromatic heterocycles. The standard InChI is InChI=1S/C14H7Cl3N2OS/c15-10-2-1-9(5-11(10)16)19-6-8(7-20)14(18-19)12-3-4-13(17)21-12/h1-7H. The summed E-state index contributed by atoms with van der Waals surface area (Å²) < 4.78 is 2.24. The molecule has 21 heavy (non-hydrogen) atoms. The lowest BCUT2D eigenvalue weighted by atomic mass is 10.2. The maximum atomic E-state index is 11.2. The Morgan fingerprint density at radius 1 is 1.10 bits per heavy atom. The lowest BCUT2D eigenvalue weighted by Gasteiger charge is -2.02. The minimum atomic E-state index is 0.429. The van der Waals surface area contributed by atoms with Gasteiger partial charge in [-0.05, 0) is 30.3 Å². The van der Waals surface area contributed by atoms with Crippen molar-refractivity contribution in [3.05, 3.63) is 56.5 Å². The van der Waals surface area contributed by atoms with Gasteiger partial charge in [0.15, 0.2) is 6.29 Å². The number of nitrogens with zero attached hydrogens (tertiary/aromatic N) is 2. The molecule has 0 amide bonds. The Balaban J connectivity index is 2.10. The molecule has 7 heteroatoms. The summed E-state index contributed by atoms with van der Waals surface area (Å²) in [6, 6.07) is 8.76. The maximum Gasteiger partial charge on any atom is 0.153 e. The molecular weight excluding hydrogens is 351 g/mol. The number of benzene rings is 1. The molecule has 0 aliphatic rings. The number of hydrogen-bond donors (Lipinski definition) is 0. The highest BCUT2D eigenvalue weighted by atomic mass is 35.5. The summed E-state index contributed by atoms with van der Waals surface area (Å²) in [6.07, 6.45) is 2.42. The number of carbonyl (C=O) groups is 1. The fourth-order valence-corrected chi connectivity index (χ4v) is 3.21. The molecule has 0 radical (unpaired) electrons. The van der Waals surface area contributed by atoms with Crippen LogP contribution in [0.4, 0.5) is 0 Å². The zero-order valence-electron chi connectivity index (χ0n) is 10.4. The summed E-state index contributed by atoms with van der Waals surface area (Å²) >= 11 is 19.2. The van der Waals surface area contributed by atoms with Gasteiger partial charge < -0.3 is 0 Å². The Morgan fingerprint density at radius 2 is 1.90 bits per heavy atom. The number of carbonyl (C=O) groups excluding carboxylic acids is 1. The van der Waals surface area contributed by atoms with E-state index in [-0.39, 0.29) is 0 Å². The molecule has 3 nitrogen and oxygen atoms in total. The molecule has 106 valence electrons. The zero-order chi connectivity index (χ0) is 15.0. The van der Waals surface area contributed by atoms with Crippen LogP contribution in [0.25, 0.3) is 16.3 Å². The van der Waals surface area contributed by atoms with Crippen LogP contribution in [-0.4, -0.2) is 16.1 Å². The van der Waals surface area contributed by atoms with Gasteiger partial charge in [0.2, 0.25) is 0 Å². The molecule has 2 heterocycles. The van der Waals surface area contributed by atoms with Gasteiger partial charge in [-0.2, -0.15) is 5.10 Å². The van der Waals surface area contributed by atoms with E-state index < -0.39 is 0 Å². The van der Waals surface area contributed by atoms with Gasteiger partial charge in [0.25, 0.3) is 0 Å². The summed E-state index contributed by atoms with van der Waals surface area (Å²) in [5.74, 6) is 0. The van der Waals surface area contributed by atoms with E-state index in [1.165, 1.54) is 11.3 Å². The Labute approximate surface area is 139 Å². The first kappa shape index (κ1) is 14.6. The molecule has 3 rings (SSSR count). The smallest absolute Gasteiger partial charge is 0.153 e. The van der Waals surface area contributed by atoms with E-state index in [0.717, 1.165) is 16.9 Å². The van der Waals surface area contributed by atoms with Crippen molar-refractivity contribution in [2.45, 2.75) is 0 Å². The largest absolute Gasteiger partial charge is 0.298 e. The zero-order valence-corrected chi connectivity index (χ0v) is 13.5. The Kier molecular flexibility index (Phi) is 4.04. The quantitative estimate of drug-likeness (QED) is 0.590. The third-order valence-corrected chi connectivity index (χ3v) is 4.82. The van der Waals surface area contributed by atoms with Crippen LogP contribution in [-0.2, 0) is 0 Å². The molecule has 0 saturated carbocycles. The number of thiophene rings is 1. The number of aromatic nitrogens is 2. The van der Waals surface area contributed by atoms with Crippen LogP contribution in [0.3, 0.4) is 0 Å². The van der Waals surface area contributed by atoms with Crippen molar-refractivity contribution in [1.82, 2.24) is 9.78 Å². The molecule has 1 aromatic carbocycles. The van der Waals surface area contributed by atoms with Gasteiger partial charge in [0, 0.05) is 6.20 Å². The second kappa shape index (κ2) is 5.81. The van der Waals surface area contributed by atoms with Crippen molar-refractivity contribution in [2.24, 2.45) is 0 Å². The predicted molar refractivity (Wildman–Crippen MR) is 87.3 cm³/mol. The fourth-order valence-electron chi connectivity index (χ4n) is 1.87. The summed E-state index contributed by atoms with van der Waals surface area (Å²) in [4.78, 5) is 12.1. The molecule has 0 fully saturated rings. The monoisotopic (exact) mass is 356 g/mol. The van der Waals surface area contributed by atoms with Gasteiger partial charge in [-0.15, -0.1) is 11.3 Å². The summed E-state index contributed by atoms with van der Waals surface area (Å²) in [5.41, 5.74) is 1.80. The third kappa shape index (κ3) is 2.85. The second-order valence-electron chi connectivity index (χ2n) is 4.20. The van der Waals surface area contributed by atoms with E-state index in [1.54, 1.807) is 35.1 Å². The van der Waals surface area contributed by atoms with Gasteiger partial charge in [-0.25, -0.2) is 4.68 Å². The molecule has 0 aliphatic carbocycles. The molecule has 0 unspecified atom stereocenters. The van der Waals surface area contributed by atoms with E-state index >= 15 is 0 Å². The molecule has 0 saturated heterocycles. The average Bonchev–Trinajstić information content (AvgIpc) is 3.07. The summed E-state index contributed by atoms with van der Waals surface area (Å²) in [7, 11) is 0. The van der Waals surface area contributed by atoms with Crippen molar-refractivity contribution < 1.29 is 4.79 Å². The highest BCUT2D eigenvalue weighted by molar-refractivity contribution is 7.19. The average molecular weight is 358 g/mol. The van der Waals surface area contributed by atoms with E-state index in [4.69, 9.17) is 34.8 Å². The minimum Gasteiger partial charge on any atom is -0.298 e. The highest BCUT2D eigenvalue weighted by Crippen LogP contribution is 2.32. The van der Waals surface area contributed by atoms with E-state index in [9.17, 15) is 4.79 Å². The molecular formula is C14H7Cl3N2OS. The molecule has 0 bridgehead atoms.